The molecular weight excluding hydrogens is 250 g/mol. The average molecular weight is 269 g/mol. The maximum atomic E-state index is 10.4. The lowest BCUT2D eigenvalue weighted by Crippen LogP contribution is -1.94. The molecule has 3 heteroatoms. The number of carbonyl (C=O) groups is 1. The first kappa shape index (κ1) is 14.3. The number of aliphatic imine (C=N–C) groups is 1. The Bertz CT molecular complexity index is 605. The number of nitrogens with zero attached hydrogens (tertiary/aromatic N) is 1. The predicted molar refractivity (Wildman–Crippen MR) is 82.5 cm³/mol. The first-order valence-corrected chi connectivity index (χ1v) is 6.96. The molecule has 0 aliphatic carbocycles. The fraction of sp³-hybridized carbons (Fsp3) is 0.294. The van der Waals surface area contributed by atoms with Crippen LogP contribution >= 0.6 is 0 Å². The number of hydrogen-bond acceptors (Lipinski definition) is 2. The van der Waals surface area contributed by atoms with Crippen molar-refractivity contribution in [2.45, 2.75) is 25.7 Å². The second-order valence-electron chi connectivity index (χ2n) is 4.85. The highest BCUT2D eigenvalue weighted by molar-refractivity contribution is 5.90. The molecule has 0 atom stereocenters. The van der Waals surface area contributed by atoms with Crippen molar-refractivity contribution in [3.05, 3.63) is 48.0 Å². The van der Waals surface area contributed by atoms with Gasteiger partial charge in [0.05, 0.1) is 0 Å². The molecule has 104 valence electrons. The largest absolute Gasteiger partial charge is 0.481 e. The molecule has 0 saturated heterocycles. The fourth-order valence-electron chi connectivity index (χ4n) is 2.11. The lowest BCUT2D eigenvalue weighted by Gasteiger charge is -1.99. The number of aliphatic carboxylic acids is 1. The van der Waals surface area contributed by atoms with Crippen molar-refractivity contribution in [2.75, 3.05) is 6.54 Å². The number of rotatable bonds is 7. The average Bonchev–Trinajstić information content (AvgIpc) is 2.46. The Morgan fingerprint density at radius 2 is 1.85 bits per heavy atom. The van der Waals surface area contributed by atoms with Crippen LogP contribution in [0.5, 0.6) is 0 Å². The minimum absolute atomic E-state index is 0.258. The van der Waals surface area contributed by atoms with Crippen molar-refractivity contribution in [1.29, 1.82) is 0 Å². The van der Waals surface area contributed by atoms with Gasteiger partial charge in [-0.3, -0.25) is 9.79 Å². The van der Waals surface area contributed by atoms with Crippen LogP contribution in [0.25, 0.3) is 10.8 Å². The quantitative estimate of drug-likeness (QED) is 0.612. The molecule has 0 fully saturated rings. The van der Waals surface area contributed by atoms with Gasteiger partial charge >= 0.3 is 5.97 Å². The third kappa shape index (κ3) is 4.50. The summed E-state index contributed by atoms with van der Waals surface area (Å²) in [4.78, 5) is 14.7. The van der Waals surface area contributed by atoms with E-state index in [4.69, 9.17) is 5.11 Å². The Morgan fingerprint density at radius 3 is 2.65 bits per heavy atom. The molecule has 0 unspecified atom stereocenters. The molecule has 2 aromatic rings. The Labute approximate surface area is 119 Å². The first-order chi connectivity index (χ1) is 9.75. The molecule has 0 radical (unpaired) electrons. The van der Waals surface area contributed by atoms with Crippen LogP contribution in [0, 0.1) is 0 Å². The third-order valence-electron chi connectivity index (χ3n) is 3.19. The van der Waals surface area contributed by atoms with Gasteiger partial charge in [0.2, 0.25) is 0 Å². The fourth-order valence-corrected chi connectivity index (χ4v) is 2.11. The van der Waals surface area contributed by atoms with E-state index < -0.39 is 5.97 Å². The van der Waals surface area contributed by atoms with Crippen LogP contribution in [0.2, 0.25) is 0 Å². The summed E-state index contributed by atoms with van der Waals surface area (Å²) in [5.41, 5.74) is 1.11. The minimum Gasteiger partial charge on any atom is -0.481 e. The molecule has 0 aromatic heterocycles. The molecule has 3 nitrogen and oxygen atoms in total. The summed E-state index contributed by atoms with van der Waals surface area (Å²) in [6.07, 6.45) is 4.75. The van der Waals surface area contributed by atoms with Gasteiger partial charge in [-0.05, 0) is 35.2 Å². The molecule has 2 rings (SSSR count). The van der Waals surface area contributed by atoms with Crippen LogP contribution in [0.15, 0.2) is 47.5 Å². The zero-order valence-corrected chi connectivity index (χ0v) is 11.5. The van der Waals surface area contributed by atoms with E-state index in [9.17, 15) is 4.79 Å². The van der Waals surface area contributed by atoms with Crippen molar-refractivity contribution >= 4 is 23.0 Å². The zero-order chi connectivity index (χ0) is 14.2. The Morgan fingerprint density at radius 1 is 1.05 bits per heavy atom. The van der Waals surface area contributed by atoms with Crippen molar-refractivity contribution < 1.29 is 9.90 Å². The number of benzene rings is 2. The van der Waals surface area contributed by atoms with E-state index in [0.29, 0.717) is 0 Å². The summed E-state index contributed by atoms with van der Waals surface area (Å²) in [6.45, 7) is 0.756. The van der Waals surface area contributed by atoms with Crippen LogP contribution < -0.4 is 0 Å². The molecule has 0 aliphatic heterocycles. The molecule has 1 N–H and O–H groups in total. The van der Waals surface area contributed by atoms with E-state index in [1.54, 1.807) is 0 Å². The molecule has 0 aliphatic rings. The van der Waals surface area contributed by atoms with Gasteiger partial charge in [0.1, 0.15) is 0 Å². The zero-order valence-electron chi connectivity index (χ0n) is 11.5. The van der Waals surface area contributed by atoms with Crippen LogP contribution in [0.4, 0.5) is 0 Å². The maximum absolute atomic E-state index is 10.4. The van der Waals surface area contributed by atoms with Crippen molar-refractivity contribution in [2.24, 2.45) is 4.99 Å². The lowest BCUT2D eigenvalue weighted by molar-refractivity contribution is -0.137. The van der Waals surface area contributed by atoms with Gasteiger partial charge in [0, 0.05) is 19.2 Å². The number of carboxylic acids is 1. The minimum atomic E-state index is -0.718. The summed E-state index contributed by atoms with van der Waals surface area (Å²) in [5.74, 6) is -0.718. The summed E-state index contributed by atoms with van der Waals surface area (Å²) in [6, 6.07) is 14.6. The highest BCUT2D eigenvalue weighted by Crippen LogP contribution is 2.14. The summed E-state index contributed by atoms with van der Waals surface area (Å²) < 4.78 is 0. The van der Waals surface area contributed by atoms with Gasteiger partial charge in [-0.1, -0.05) is 42.8 Å². The topological polar surface area (TPSA) is 49.7 Å². The lowest BCUT2D eigenvalue weighted by atomic mass is 10.1. The molecule has 20 heavy (non-hydrogen) atoms. The predicted octanol–water partition coefficient (Wildman–Crippen LogP) is 3.90. The molecule has 2 aromatic carbocycles. The number of fused-ring (bicyclic) bond motifs is 1. The van der Waals surface area contributed by atoms with E-state index in [1.165, 1.54) is 10.8 Å². The summed E-state index contributed by atoms with van der Waals surface area (Å²) >= 11 is 0. The standard InChI is InChI=1S/C17H19NO2/c19-17(20)8-2-1-5-11-18-13-14-9-10-15-6-3-4-7-16(15)12-14/h3-4,6-7,9-10,12-13H,1-2,5,8,11H2,(H,19,20). The van der Waals surface area contributed by atoms with E-state index >= 15 is 0 Å². The number of hydrogen-bond donors (Lipinski definition) is 1. The molecule has 0 amide bonds. The van der Waals surface area contributed by atoms with Gasteiger partial charge in [-0.2, -0.15) is 0 Å². The Balaban J connectivity index is 1.79. The third-order valence-corrected chi connectivity index (χ3v) is 3.19. The van der Waals surface area contributed by atoms with E-state index in [1.807, 2.05) is 18.3 Å². The maximum Gasteiger partial charge on any atom is 0.303 e. The normalized spacial score (nSPS) is 11.2. The van der Waals surface area contributed by atoms with Crippen molar-refractivity contribution in [3.8, 4) is 0 Å². The smallest absolute Gasteiger partial charge is 0.303 e. The van der Waals surface area contributed by atoms with Crippen molar-refractivity contribution in [1.82, 2.24) is 0 Å². The van der Waals surface area contributed by atoms with Gasteiger partial charge in [0.25, 0.3) is 0 Å². The molecule has 0 heterocycles. The summed E-state index contributed by atoms with van der Waals surface area (Å²) in [5, 5.41) is 11.0. The first-order valence-electron chi connectivity index (χ1n) is 6.96. The van der Waals surface area contributed by atoms with Gasteiger partial charge in [0.15, 0.2) is 0 Å². The highest BCUT2D eigenvalue weighted by Gasteiger charge is 1.96. The van der Waals surface area contributed by atoms with Crippen molar-refractivity contribution in [3.63, 3.8) is 0 Å². The van der Waals surface area contributed by atoms with Gasteiger partial charge < -0.3 is 5.11 Å². The number of unbranched alkanes of at least 4 members (excludes halogenated alkanes) is 2. The molecule has 0 spiro atoms. The molecule has 0 bridgehead atoms. The second kappa shape index (κ2) is 7.43. The van der Waals surface area contributed by atoms with Gasteiger partial charge in [-0.15, -0.1) is 0 Å². The van der Waals surface area contributed by atoms with Crippen LogP contribution in [0.1, 0.15) is 31.2 Å². The van der Waals surface area contributed by atoms with E-state index in [2.05, 4.69) is 35.3 Å². The Hall–Kier alpha value is -2.16. The molecule has 0 saturated carbocycles. The Kier molecular flexibility index (Phi) is 5.30. The molecular formula is C17H19NO2. The highest BCUT2D eigenvalue weighted by atomic mass is 16.4. The monoisotopic (exact) mass is 269 g/mol. The van der Waals surface area contributed by atoms with Crippen LogP contribution in [-0.4, -0.2) is 23.8 Å². The van der Waals surface area contributed by atoms with Gasteiger partial charge in [-0.25, -0.2) is 0 Å². The van der Waals surface area contributed by atoms with E-state index in [0.717, 1.165) is 31.4 Å². The number of carboxylic acid groups (broad SMARTS) is 1. The van der Waals surface area contributed by atoms with E-state index in [-0.39, 0.29) is 6.42 Å². The van der Waals surface area contributed by atoms with Crippen LogP contribution in [-0.2, 0) is 4.79 Å². The second-order valence-corrected chi connectivity index (χ2v) is 4.85. The van der Waals surface area contributed by atoms with Crippen LogP contribution in [0.3, 0.4) is 0 Å². The summed E-state index contributed by atoms with van der Waals surface area (Å²) in [7, 11) is 0. The SMILES string of the molecule is O=C(O)CCCCCN=Cc1ccc2ccccc2c1.